The molecular formula is C21H22FN5O2S. The number of rotatable bonds is 4. The van der Waals surface area contributed by atoms with Crippen LogP contribution in [0, 0.1) is 12.7 Å². The van der Waals surface area contributed by atoms with Gasteiger partial charge in [-0.05, 0) is 37.3 Å². The highest BCUT2D eigenvalue weighted by Gasteiger charge is 2.23. The molecule has 9 heteroatoms. The highest BCUT2D eigenvalue weighted by atomic mass is 32.1. The molecule has 7 nitrogen and oxygen atoms in total. The average Bonchev–Trinajstić information content (AvgIpc) is 3.18. The van der Waals surface area contributed by atoms with Crippen LogP contribution in [0.25, 0.3) is 10.6 Å². The van der Waals surface area contributed by atoms with Crippen LogP contribution in [0.15, 0.2) is 47.3 Å². The van der Waals surface area contributed by atoms with E-state index in [4.69, 9.17) is 5.73 Å². The molecule has 1 saturated heterocycles. The third kappa shape index (κ3) is 4.06. The van der Waals surface area contributed by atoms with E-state index in [9.17, 15) is 14.0 Å². The maximum atomic E-state index is 14.0. The molecule has 0 radical (unpaired) electrons. The van der Waals surface area contributed by atoms with E-state index in [0.717, 1.165) is 14.4 Å². The van der Waals surface area contributed by atoms with Crippen LogP contribution < -0.4 is 16.2 Å². The van der Waals surface area contributed by atoms with Crippen molar-refractivity contribution in [3.63, 3.8) is 0 Å². The van der Waals surface area contributed by atoms with Crippen LogP contribution in [-0.4, -0.2) is 46.8 Å². The standard InChI is InChI=1S/C21H22FN5O2S/c1-14-6-7-19(30-14)17-12-16(23)21(29)27(24-17)13-20(28)26-10-8-25(9-11-26)18-5-3-2-4-15(18)22/h2-7,12H,8-11,13,23H2,1H3. The van der Waals surface area contributed by atoms with Crippen LogP contribution in [-0.2, 0) is 11.3 Å². The van der Waals surface area contributed by atoms with Gasteiger partial charge in [0.25, 0.3) is 5.56 Å². The van der Waals surface area contributed by atoms with Crippen LogP contribution in [0.3, 0.4) is 0 Å². The van der Waals surface area contributed by atoms with Gasteiger partial charge < -0.3 is 15.5 Å². The van der Waals surface area contributed by atoms with Crippen molar-refractivity contribution in [3.05, 3.63) is 63.5 Å². The number of para-hydroxylation sites is 1. The number of piperazine rings is 1. The number of hydrogen-bond acceptors (Lipinski definition) is 6. The second-order valence-corrected chi connectivity index (χ2v) is 8.47. The van der Waals surface area contributed by atoms with Crippen molar-refractivity contribution in [2.45, 2.75) is 13.5 Å². The Morgan fingerprint density at radius 3 is 2.57 bits per heavy atom. The van der Waals surface area contributed by atoms with Gasteiger partial charge in [0.05, 0.1) is 10.6 Å². The van der Waals surface area contributed by atoms with E-state index < -0.39 is 5.56 Å². The van der Waals surface area contributed by atoms with E-state index in [0.29, 0.717) is 37.6 Å². The van der Waals surface area contributed by atoms with E-state index in [1.807, 2.05) is 24.0 Å². The summed E-state index contributed by atoms with van der Waals surface area (Å²) in [6.45, 7) is 3.73. The van der Waals surface area contributed by atoms with Crippen LogP contribution >= 0.6 is 11.3 Å². The van der Waals surface area contributed by atoms with Gasteiger partial charge in [0.2, 0.25) is 5.91 Å². The van der Waals surface area contributed by atoms with E-state index in [2.05, 4.69) is 5.10 Å². The maximum Gasteiger partial charge on any atom is 0.290 e. The Hall–Kier alpha value is -3.20. The lowest BCUT2D eigenvalue weighted by Gasteiger charge is -2.36. The number of benzene rings is 1. The lowest BCUT2D eigenvalue weighted by molar-refractivity contribution is -0.132. The van der Waals surface area contributed by atoms with Gasteiger partial charge in [0.15, 0.2) is 0 Å². The molecule has 1 amide bonds. The fourth-order valence-corrected chi connectivity index (χ4v) is 4.32. The summed E-state index contributed by atoms with van der Waals surface area (Å²) in [6, 6.07) is 12.0. The van der Waals surface area contributed by atoms with Crippen molar-refractivity contribution in [1.82, 2.24) is 14.7 Å². The molecule has 30 heavy (non-hydrogen) atoms. The Morgan fingerprint density at radius 1 is 1.17 bits per heavy atom. The molecule has 4 rings (SSSR count). The minimum atomic E-state index is -0.481. The molecule has 2 aromatic heterocycles. The van der Waals surface area contributed by atoms with Gasteiger partial charge >= 0.3 is 0 Å². The number of anilines is 2. The lowest BCUT2D eigenvalue weighted by atomic mass is 10.2. The van der Waals surface area contributed by atoms with Crippen molar-refractivity contribution in [3.8, 4) is 10.6 Å². The molecule has 0 saturated carbocycles. The topological polar surface area (TPSA) is 84.5 Å². The molecule has 0 atom stereocenters. The summed E-state index contributed by atoms with van der Waals surface area (Å²) in [6.07, 6.45) is 0. The molecule has 1 fully saturated rings. The zero-order chi connectivity index (χ0) is 21.3. The third-order valence-corrected chi connectivity index (χ3v) is 6.13. The number of aromatic nitrogens is 2. The number of thiophene rings is 1. The van der Waals surface area contributed by atoms with Gasteiger partial charge in [-0.2, -0.15) is 5.10 Å². The quantitative estimate of drug-likeness (QED) is 0.691. The average molecular weight is 428 g/mol. The molecule has 0 spiro atoms. The molecule has 3 aromatic rings. The molecular weight excluding hydrogens is 405 g/mol. The van der Waals surface area contributed by atoms with Crippen molar-refractivity contribution in [2.75, 3.05) is 36.8 Å². The highest BCUT2D eigenvalue weighted by Crippen LogP contribution is 2.26. The van der Waals surface area contributed by atoms with Crippen LogP contribution in [0.2, 0.25) is 0 Å². The summed E-state index contributed by atoms with van der Waals surface area (Å²) in [5.41, 5.74) is 6.57. The Balaban J connectivity index is 1.46. The van der Waals surface area contributed by atoms with Gasteiger partial charge in [-0.3, -0.25) is 9.59 Å². The molecule has 1 aliphatic rings. The van der Waals surface area contributed by atoms with Crippen molar-refractivity contribution >= 4 is 28.6 Å². The first-order valence-corrected chi connectivity index (χ1v) is 10.5. The minimum Gasteiger partial charge on any atom is -0.394 e. The Labute approximate surface area is 177 Å². The number of amides is 1. The minimum absolute atomic E-state index is 0.0585. The lowest BCUT2D eigenvalue weighted by Crippen LogP contribution is -2.50. The van der Waals surface area contributed by atoms with Gasteiger partial charge in [-0.25, -0.2) is 9.07 Å². The van der Waals surface area contributed by atoms with Crippen molar-refractivity contribution in [2.24, 2.45) is 0 Å². The first-order chi connectivity index (χ1) is 14.4. The summed E-state index contributed by atoms with van der Waals surface area (Å²) < 4.78 is 15.1. The number of hydrogen-bond donors (Lipinski definition) is 1. The second-order valence-electron chi connectivity index (χ2n) is 7.18. The summed E-state index contributed by atoms with van der Waals surface area (Å²) in [5.74, 6) is -0.485. The predicted octanol–water partition coefficient (Wildman–Crippen LogP) is 2.35. The predicted molar refractivity (Wildman–Crippen MR) is 116 cm³/mol. The number of nitrogens with two attached hydrogens (primary N) is 1. The van der Waals surface area contributed by atoms with Crippen molar-refractivity contribution < 1.29 is 9.18 Å². The number of nitrogens with zero attached hydrogens (tertiary/aromatic N) is 4. The number of halogens is 1. The summed E-state index contributed by atoms with van der Waals surface area (Å²) in [5, 5.41) is 4.35. The SMILES string of the molecule is Cc1ccc(-c2cc(N)c(=O)n(CC(=O)N3CCN(c4ccccc4F)CC3)n2)s1. The van der Waals surface area contributed by atoms with Crippen LogP contribution in [0.5, 0.6) is 0 Å². The van der Waals surface area contributed by atoms with Gasteiger partial charge in [-0.15, -0.1) is 11.3 Å². The number of aryl methyl sites for hydroxylation is 1. The van der Waals surface area contributed by atoms with Gasteiger partial charge in [0, 0.05) is 31.1 Å². The van der Waals surface area contributed by atoms with Gasteiger partial charge in [0.1, 0.15) is 23.7 Å². The largest absolute Gasteiger partial charge is 0.394 e. The molecule has 0 unspecified atom stereocenters. The Morgan fingerprint density at radius 2 is 1.90 bits per heavy atom. The molecule has 156 valence electrons. The third-order valence-electron chi connectivity index (χ3n) is 5.11. The number of nitrogen functional groups attached to an aromatic ring is 1. The smallest absolute Gasteiger partial charge is 0.290 e. The monoisotopic (exact) mass is 427 g/mol. The normalized spacial score (nSPS) is 14.2. The maximum absolute atomic E-state index is 14.0. The van der Waals surface area contributed by atoms with E-state index >= 15 is 0 Å². The number of carbonyl (C=O) groups is 1. The van der Waals surface area contributed by atoms with E-state index in [1.54, 1.807) is 40.5 Å². The molecule has 3 heterocycles. The highest BCUT2D eigenvalue weighted by molar-refractivity contribution is 7.15. The van der Waals surface area contributed by atoms with Gasteiger partial charge in [-0.1, -0.05) is 12.1 Å². The zero-order valence-electron chi connectivity index (χ0n) is 16.5. The molecule has 0 aliphatic carbocycles. The van der Waals surface area contributed by atoms with Crippen LogP contribution in [0.4, 0.5) is 15.8 Å². The van der Waals surface area contributed by atoms with Crippen LogP contribution in [0.1, 0.15) is 4.88 Å². The fraction of sp³-hybridized carbons (Fsp3) is 0.286. The fourth-order valence-electron chi connectivity index (χ4n) is 3.50. The molecule has 0 bridgehead atoms. The Bertz CT molecular complexity index is 1130. The summed E-state index contributed by atoms with van der Waals surface area (Å²) >= 11 is 1.55. The molecule has 1 aliphatic heterocycles. The Kier molecular flexibility index (Phi) is 5.54. The molecule has 2 N–H and O–H groups in total. The first-order valence-electron chi connectivity index (χ1n) is 9.64. The number of carbonyl (C=O) groups excluding carboxylic acids is 1. The summed E-state index contributed by atoms with van der Waals surface area (Å²) in [7, 11) is 0. The molecule has 1 aromatic carbocycles. The first kappa shape index (κ1) is 20.1. The van der Waals surface area contributed by atoms with Crippen molar-refractivity contribution in [1.29, 1.82) is 0 Å². The summed E-state index contributed by atoms with van der Waals surface area (Å²) in [4.78, 5) is 30.8. The zero-order valence-corrected chi connectivity index (χ0v) is 17.4. The van der Waals surface area contributed by atoms with E-state index in [1.165, 1.54) is 6.07 Å². The van der Waals surface area contributed by atoms with E-state index in [-0.39, 0.29) is 24.0 Å². The second kappa shape index (κ2) is 8.27.